The number of nitrogens with two attached hydrogens (primary N) is 1. The highest BCUT2D eigenvalue weighted by molar-refractivity contribution is 9.10. The van der Waals surface area contributed by atoms with Gasteiger partial charge >= 0.3 is 0 Å². The number of halogens is 1. The summed E-state index contributed by atoms with van der Waals surface area (Å²) in [4.78, 5) is 11.5. The van der Waals surface area contributed by atoms with Crippen molar-refractivity contribution >= 4 is 33.2 Å². The Hall–Kier alpha value is -1.82. The van der Waals surface area contributed by atoms with Gasteiger partial charge in [-0.25, -0.2) is 4.68 Å². The molecule has 1 aromatic carbocycles. The first kappa shape index (κ1) is 13.2. The van der Waals surface area contributed by atoms with E-state index in [0.29, 0.717) is 12.1 Å². The molecule has 0 radical (unpaired) electrons. The molecule has 1 aliphatic heterocycles. The van der Waals surface area contributed by atoms with Gasteiger partial charge in [0.05, 0.1) is 27.2 Å². The van der Waals surface area contributed by atoms with Crippen molar-refractivity contribution in [2.75, 3.05) is 11.1 Å². The minimum atomic E-state index is 0.0442. The van der Waals surface area contributed by atoms with Crippen LogP contribution in [0.3, 0.4) is 0 Å². The number of aryl methyl sites for hydroxylation is 2. The molecule has 0 atom stereocenters. The number of nitrogen functional groups attached to an aromatic ring is 1. The molecule has 0 fully saturated rings. The molecule has 1 amide bonds. The van der Waals surface area contributed by atoms with Gasteiger partial charge in [0, 0.05) is 12.1 Å². The first-order chi connectivity index (χ1) is 9.47. The molecule has 20 heavy (non-hydrogen) atoms. The Kier molecular flexibility index (Phi) is 3.05. The molecule has 2 heterocycles. The van der Waals surface area contributed by atoms with Crippen molar-refractivity contribution < 1.29 is 4.79 Å². The summed E-state index contributed by atoms with van der Waals surface area (Å²) in [7, 11) is 0. The second kappa shape index (κ2) is 4.63. The molecule has 0 unspecified atom stereocenters. The maximum atomic E-state index is 11.5. The minimum absolute atomic E-state index is 0.0442. The summed E-state index contributed by atoms with van der Waals surface area (Å²) < 4.78 is 2.77. The number of nitrogens with zero attached hydrogens (tertiary/aromatic N) is 2. The molecule has 0 spiro atoms. The lowest BCUT2D eigenvalue weighted by molar-refractivity contribution is -0.116. The number of amides is 1. The van der Waals surface area contributed by atoms with E-state index in [2.05, 4.69) is 26.3 Å². The second-order valence-corrected chi connectivity index (χ2v) is 5.81. The molecular weight excluding hydrogens is 320 g/mol. The molecule has 3 rings (SSSR count). The fourth-order valence-corrected chi connectivity index (χ4v) is 2.73. The van der Waals surface area contributed by atoms with Crippen molar-refractivity contribution in [1.82, 2.24) is 9.78 Å². The molecule has 0 bridgehead atoms. The maximum absolute atomic E-state index is 11.5. The summed E-state index contributed by atoms with van der Waals surface area (Å²) in [5.41, 5.74) is 11.4. The van der Waals surface area contributed by atoms with Gasteiger partial charge in [-0.1, -0.05) is 0 Å². The lowest BCUT2D eigenvalue weighted by Gasteiger charge is -2.19. The van der Waals surface area contributed by atoms with E-state index in [1.165, 1.54) is 0 Å². The number of carbonyl (C=O) groups is 1. The van der Waals surface area contributed by atoms with Gasteiger partial charge < -0.3 is 11.1 Å². The molecule has 6 heteroatoms. The van der Waals surface area contributed by atoms with Crippen molar-refractivity contribution in [3.8, 4) is 5.69 Å². The Balaban J connectivity index is 2.17. The normalized spacial score (nSPS) is 14.1. The number of hydrogen-bond donors (Lipinski definition) is 2. The highest BCUT2D eigenvalue weighted by Gasteiger charge is 2.19. The molecule has 5 nitrogen and oxygen atoms in total. The highest BCUT2D eigenvalue weighted by Crippen LogP contribution is 2.32. The zero-order chi connectivity index (χ0) is 14.4. The number of fused-ring (bicyclic) bond motifs is 1. The van der Waals surface area contributed by atoms with Crippen LogP contribution in [0.1, 0.15) is 23.4 Å². The first-order valence-corrected chi connectivity index (χ1v) is 7.21. The summed E-state index contributed by atoms with van der Waals surface area (Å²) in [6.07, 6.45) is 1.24. The Morgan fingerprint density at radius 2 is 2.10 bits per heavy atom. The van der Waals surface area contributed by atoms with Crippen molar-refractivity contribution in [1.29, 1.82) is 0 Å². The van der Waals surface area contributed by atoms with Crippen LogP contribution in [0.15, 0.2) is 16.6 Å². The summed E-state index contributed by atoms with van der Waals surface area (Å²) in [6, 6.07) is 3.82. The van der Waals surface area contributed by atoms with Gasteiger partial charge in [-0.3, -0.25) is 4.79 Å². The number of anilines is 2. The molecule has 0 saturated carbocycles. The molecule has 0 saturated heterocycles. The Morgan fingerprint density at radius 3 is 2.75 bits per heavy atom. The van der Waals surface area contributed by atoms with Crippen LogP contribution < -0.4 is 11.1 Å². The third kappa shape index (κ3) is 2.00. The van der Waals surface area contributed by atoms with Gasteiger partial charge in [-0.05, 0) is 53.9 Å². The zero-order valence-corrected chi connectivity index (χ0v) is 12.9. The van der Waals surface area contributed by atoms with Crippen molar-refractivity contribution in [3.05, 3.63) is 33.6 Å². The maximum Gasteiger partial charge on any atom is 0.224 e. The van der Waals surface area contributed by atoms with Crippen molar-refractivity contribution in [2.24, 2.45) is 0 Å². The molecule has 0 aliphatic carbocycles. The Morgan fingerprint density at radius 1 is 1.35 bits per heavy atom. The van der Waals surface area contributed by atoms with Crippen LogP contribution in [0.5, 0.6) is 0 Å². The summed E-state index contributed by atoms with van der Waals surface area (Å²) in [5, 5.41) is 7.38. The average molecular weight is 335 g/mol. The van der Waals surface area contributed by atoms with E-state index in [1.54, 1.807) is 4.68 Å². The predicted octanol–water partition coefficient (Wildman–Crippen LogP) is 2.72. The second-order valence-electron chi connectivity index (χ2n) is 5.01. The van der Waals surface area contributed by atoms with E-state index in [0.717, 1.165) is 39.2 Å². The number of aromatic nitrogens is 2. The standard InChI is InChI=1S/C14H15BrN4O/c1-7-14(15)8(2)19(18-7)12-6-11-9(5-10(12)16)3-4-13(20)17-11/h5-6H,3-4,16H2,1-2H3,(H,17,20). The van der Waals surface area contributed by atoms with Gasteiger partial charge in [0.1, 0.15) is 0 Å². The van der Waals surface area contributed by atoms with Crippen LogP contribution in [0.2, 0.25) is 0 Å². The summed E-state index contributed by atoms with van der Waals surface area (Å²) in [5.74, 6) is 0.0442. The number of benzene rings is 1. The van der Waals surface area contributed by atoms with Crippen LogP contribution in [-0.4, -0.2) is 15.7 Å². The topological polar surface area (TPSA) is 72.9 Å². The fraction of sp³-hybridized carbons (Fsp3) is 0.286. The van der Waals surface area contributed by atoms with Gasteiger partial charge in [0.25, 0.3) is 0 Å². The van der Waals surface area contributed by atoms with Gasteiger partial charge in [-0.2, -0.15) is 5.10 Å². The summed E-state index contributed by atoms with van der Waals surface area (Å²) in [6.45, 7) is 3.91. The number of carbonyl (C=O) groups excluding carboxylic acids is 1. The van der Waals surface area contributed by atoms with E-state index in [9.17, 15) is 4.79 Å². The third-order valence-corrected chi connectivity index (χ3v) is 4.73. The van der Waals surface area contributed by atoms with Crippen LogP contribution in [-0.2, 0) is 11.2 Å². The van der Waals surface area contributed by atoms with E-state index in [1.807, 2.05) is 26.0 Å². The van der Waals surface area contributed by atoms with E-state index in [4.69, 9.17) is 5.73 Å². The summed E-state index contributed by atoms with van der Waals surface area (Å²) >= 11 is 3.51. The Labute approximate surface area is 125 Å². The zero-order valence-electron chi connectivity index (χ0n) is 11.3. The lowest BCUT2D eigenvalue weighted by Crippen LogP contribution is -2.20. The predicted molar refractivity (Wildman–Crippen MR) is 82.1 cm³/mol. The largest absolute Gasteiger partial charge is 0.397 e. The number of rotatable bonds is 1. The van der Waals surface area contributed by atoms with E-state index >= 15 is 0 Å². The van der Waals surface area contributed by atoms with Crippen molar-refractivity contribution in [2.45, 2.75) is 26.7 Å². The smallest absolute Gasteiger partial charge is 0.224 e. The monoisotopic (exact) mass is 334 g/mol. The van der Waals surface area contributed by atoms with E-state index in [-0.39, 0.29) is 5.91 Å². The third-order valence-electron chi connectivity index (χ3n) is 3.58. The molecular formula is C14H15BrN4O. The number of nitrogens with one attached hydrogen (secondary N) is 1. The Bertz CT molecular complexity index is 720. The van der Waals surface area contributed by atoms with Crippen LogP contribution in [0.25, 0.3) is 5.69 Å². The van der Waals surface area contributed by atoms with Gasteiger partial charge in [0.15, 0.2) is 0 Å². The van der Waals surface area contributed by atoms with Crippen molar-refractivity contribution in [3.63, 3.8) is 0 Å². The SMILES string of the molecule is Cc1nn(-c2cc3c(cc2N)CCC(=O)N3)c(C)c1Br. The minimum Gasteiger partial charge on any atom is -0.397 e. The van der Waals surface area contributed by atoms with Crippen LogP contribution in [0, 0.1) is 13.8 Å². The van der Waals surface area contributed by atoms with Crippen LogP contribution in [0.4, 0.5) is 11.4 Å². The average Bonchev–Trinajstić information content (AvgIpc) is 2.66. The first-order valence-electron chi connectivity index (χ1n) is 6.41. The van der Waals surface area contributed by atoms with Gasteiger partial charge in [0.2, 0.25) is 5.91 Å². The van der Waals surface area contributed by atoms with Crippen LogP contribution >= 0.6 is 15.9 Å². The molecule has 3 N–H and O–H groups in total. The number of hydrogen-bond acceptors (Lipinski definition) is 3. The quantitative estimate of drug-likeness (QED) is 0.787. The molecule has 1 aromatic heterocycles. The molecule has 104 valence electrons. The highest BCUT2D eigenvalue weighted by atomic mass is 79.9. The molecule has 2 aromatic rings. The van der Waals surface area contributed by atoms with E-state index < -0.39 is 0 Å². The fourth-order valence-electron chi connectivity index (χ4n) is 2.48. The molecule has 1 aliphatic rings. The lowest BCUT2D eigenvalue weighted by atomic mass is 10.0. The van der Waals surface area contributed by atoms with Gasteiger partial charge in [-0.15, -0.1) is 0 Å².